The molecule has 4 rings (SSSR count). The van der Waals surface area contributed by atoms with E-state index in [9.17, 15) is 14.4 Å². The van der Waals surface area contributed by atoms with E-state index in [1.54, 1.807) is 23.7 Å². The van der Waals surface area contributed by atoms with Crippen LogP contribution in [0.1, 0.15) is 31.3 Å². The van der Waals surface area contributed by atoms with Crippen molar-refractivity contribution >= 4 is 29.1 Å². The molecule has 0 fully saturated rings. The van der Waals surface area contributed by atoms with Gasteiger partial charge in [0.1, 0.15) is 10.7 Å². The Balaban J connectivity index is 1.49. The Bertz CT molecular complexity index is 1050. The predicted octanol–water partition coefficient (Wildman–Crippen LogP) is 2.15. The third kappa shape index (κ3) is 3.02. The van der Waals surface area contributed by atoms with Crippen molar-refractivity contribution in [1.29, 1.82) is 0 Å². The van der Waals surface area contributed by atoms with E-state index >= 15 is 0 Å². The number of carbonyl (C=O) groups is 3. The quantitative estimate of drug-likeness (QED) is 0.642. The van der Waals surface area contributed by atoms with Crippen LogP contribution in [0.15, 0.2) is 36.5 Å². The fraction of sp³-hybridized carbons (Fsp3) is 0.167. The highest BCUT2D eigenvalue weighted by Gasteiger charge is 2.38. The van der Waals surface area contributed by atoms with E-state index in [4.69, 9.17) is 4.84 Å². The van der Waals surface area contributed by atoms with E-state index in [2.05, 4.69) is 10.1 Å². The number of hydroxylamine groups is 2. The summed E-state index contributed by atoms with van der Waals surface area (Å²) in [5.74, 6) is -1.98. The standard InChI is InChI=1S/C18H14N4O4S/c1-10-14(27-16(19-10)13-7-8-21(2)20-13)9-15(23)26-22-17(24)11-5-3-4-6-12(11)18(22)25/h3-8H,9H2,1-2H3. The van der Waals surface area contributed by atoms with E-state index in [1.807, 2.05) is 19.3 Å². The van der Waals surface area contributed by atoms with Gasteiger partial charge in [-0.15, -0.1) is 11.3 Å². The van der Waals surface area contributed by atoms with Gasteiger partial charge in [-0.05, 0) is 25.1 Å². The number of nitrogens with zero attached hydrogens (tertiary/aromatic N) is 4. The van der Waals surface area contributed by atoms with Gasteiger partial charge in [-0.1, -0.05) is 17.2 Å². The highest BCUT2D eigenvalue weighted by Crippen LogP contribution is 2.28. The van der Waals surface area contributed by atoms with Crippen LogP contribution >= 0.6 is 11.3 Å². The maximum Gasteiger partial charge on any atom is 0.338 e. The normalized spacial score (nSPS) is 13.2. The molecule has 0 spiro atoms. The molecule has 0 unspecified atom stereocenters. The average molecular weight is 382 g/mol. The summed E-state index contributed by atoms with van der Waals surface area (Å²) in [6, 6.07) is 8.18. The molecule has 0 atom stereocenters. The van der Waals surface area contributed by atoms with Gasteiger partial charge in [0.2, 0.25) is 0 Å². The van der Waals surface area contributed by atoms with Crippen molar-refractivity contribution in [3.63, 3.8) is 0 Å². The number of aromatic nitrogens is 3. The lowest BCUT2D eigenvalue weighted by Crippen LogP contribution is -2.33. The summed E-state index contributed by atoms with van der Waals surface area (Å²) >= 11 is 1.32. The topological polar surface area (TPSA) is 94.4 Å². The summed E-state index contributed by atoms with van der Waals surface area (Å²) in [5, 5.41) is 5.50. The van der Waals surface area contributed by atoms with Crippen molar-refractivity contribution in [2.75, 3.05) is 0 Å². The van der Waals surface area contributed by atoms with Crippen LogP contribution in [-0.4, -0.2) is 37.6 Å². The highest BCUT2D eigenvalue weighted by atomic mass is 32.1. The van der Waals surface area contributed by atoms with Gasteiger partial charge in [-0.2, -0.15) is 5.10 Å². The van der Waals surface area contributed by atoms with Gasteiger partial charge in [0.15, 0.2) is 0 Å². The number of aryl methyl sites for hydroxylation is 2. The van der Waals surface area contributed by atoms with Crippen LogP contribution in [0.5, 0.6) is 0 Å². The van der Waals surface area contributed by atoms with Crippen LogP contribution in [0.4, 0.5) is 0 Å². The number of fused-ring (bicyclic) bond motifs is 1. The molecule has 2 aromatic heterocycles. The van der Waals surface area contributed by atoms with Crippen molar-refractivity contribution in [1.82, 2.24) is 19.8 Å². The van der Waals surface area contributed by atoms with E-state index in [0.717, 1.165) is 0 Å². The molecule has 2 amide bonds. The second kappa shape index (κ2) is 6.44. The largest absolute Gasteiger partial charge is 0.338 e. The number of hydrogen-bond acceptors (Lipinski definition) is 7. The zero-order valence-electron chi connectivity index (χ0n) is 14.5. The van der Waals surface area contributed by atoms with Gasteiger partial charge in [0, 0.05) is 18.1 Å². The summed E-state index contributed by atoms with van der Waals surface area (Å²) < 4.78 is 1.67. The Kier molecular flexibility index (Phi) is 4.08. The Morgan fingerprint density at radius 1 is 1.15 bits per heavy atom. The van der Waals surface area contributed by atoms with Crippen LogP contribution in [0.25, 0.3) is 10.7 Å². The first-order valence-corrected chi connectivity index (χ1v) is 8.90. The van der Waals surface area contributed by atoms with Gasteiger partial charge in [-0.3, -0.25) is 14.3 Å². The number of carbonyl (C=O) groups excluding carboxylic acids is 3. The number of amides is 2. The number of imide groups is 1. The van der Waals surface area contributed by atoms with Crippen LogP contribution < -0.4 is 0 Å². The minimum absolute atomic E-state index is 0.0935. The molecule has 136 valence electrons. The van der Waals surface area contributed by atoms with E-state index < -0.39 is 17.8 Å². The lowest BCUT2D eigenvalue weighted by atomic mass is 10.1. The number of thiazole rings is 1. The molecule has 0 radical (unpaired) electrons. The molecule has 8 nitrogen and oxygen atoms in total. The monoisotopic (exact) mass is 382 g/mol. The van der Waals surface area contributed by atoms with Gasteiger partial charge in [0.05, 0.1) is 23.2 Å². The smallest absolute Gasteiger partial charge is 0.329 e. The lowest BCUT2D eigenvalue weighted by molar-refractivity contribution is -0.167. The van der Waals surface area contributed by atoms with Crippen LogP contribution in [0.3, 0.4) is 0 Å². The Hall–Kier alpha value is -3.33. The molecule has 1 aliphatic rings. The third-order valence-electron chi connectivity index (χ3n) is 4.08. The molecule has 3 heterocycles. The average Bonchev–Trinajstić information content (AvgIpc) is 3.30. The van der Waals surface area contributed by atoms with Crippen molar-refractivity contribution in [3.8, 4) is 10.7 Å². The summed E-state index contributed by atoms with van der Waals surface area (Å²) in [4.78, 5) is 47.0. The first kappa shape index (κ1) is 17.1. The molecule has 1 aromatic carbocycles. The summed E-state index contributed by atoms with van der Waals surface area (Å²) in [5.41, 5.74) is 1.84. The van der Waals surface area contributed by atoms with Crippen LogP contribution in [-0.2, 0) is 23.1 Å². The molecule has 0 bridgehead atoms. The maximum absolute atomic E-state index is 12.3. The Labute approximate surface area is 158 Å². The molecule has 27 heavy (non-hydrogen) atoms. The first-order valence-electron chi connectivity index (χ1n) is 8.09. The summed E-state index contributed by atoms with van der Waals surface area (Å²) in [7, 11) is 1.81. The lowest BCUT2D eigenvalue weighted by Gasteiger charge is -2.12. The van der Waals surface area contributed by atoms with Gasteiger partial charge < -0.3 is 4.84 Å². The predicted molar refractivity (Wildman–Crippen MR) is 95.8 cm³/mol. The fourth-order valence-electron chi connectivity index (χ4n) is 2.75. The number of rotatable bonds is 4. The zero-order valence-corrected chi connectivity index (χ0v) is 15.3. The molecule has 1 aliphatic heterocycles. The van der Waals surface area contributed by atoms with Crippen LogP contribution in [0, 0.1) is 6.92 Å². The SMILES string of the molecule is Cc1nc(-c2ccn(C)n2)sc1CC(=O)ON1C(=O)c2ccccc2C1=O. The number of benzene rings is 1. The molecular weight excluding hydrogens is 368 g/mol. The minimum atomic E-state index is -0.705. The van der Waals surface area contributed by atoms with Crippen molar-refractivity contribution < 1.29 is 19.2 Å². The first-order chi connectivity index (χ1) is 12.9. The second-order valence-corrected chi connectivity index (χ2v) is 7.08. The summed E-state index contributed by atoms with van der Waals surface area (Å²) in [6.07, 6.45) is 1.71. The Morgan fingerprint density at radius 3 is 2.41 bits per heavy atom. The van der Waals surface area contributed by atoms with Crippen molar-refractivity contribution in [2.45, 2.75) is 13.3 Å². The molecule has 0 N–H and O–H groups in total. The van der Waals surface area contributed by atoms with Gasteiger partial charge in [-0.25, -0.2) is 9.78 Å². The Morgan fingerprint density at radius 2 is 1.81 bits per heavy atom. The minimum Gasteiger partial charge on any atom is -0.329 e. The number of hydrogen-bond donors (Lipinski definition) is 0. The van der Waals surface area contributed by atoms with E-state index in [0.29, 0.717) is 26.3 Å². The molecule has 0 saturated heterocycles. The third-order valence-corrected chi connectivity index (χ3v) is 5.26. The molecule has 0 aliphatic carbocycles. The zero-order chi connectivity index (χ0) is 19.1. The van der Waals surface area contributed by atoms with Gasteiger partial charge >= 0.3 is 5.97 Å². The van der Waals surface area contributed by atoms with E-state index in [1.165, 1.54) is 23.5 Å². The van der Waals surface area contributed by atoms with Gasteiger partial charge in [0.25, 0.3) is 11.8 Å². The summed E-state index contributed by atoms with van der Waals surface area (Å²) in [6.45, 7) is 1.79. The molecular formula is C18H14N4O4S. The van der Waals surface area contributed by atoms with Crippen molar-refractivity contribution in [3.05, 3.63) is 58.2 Å². The molecule has 0 saturated carbocycles. The fourth-order valence-corrected chi connectivity index (χ4v) is 3.76. The van der Waals surface area contributed by atoms with Crippen molar-refractivity contribution in [2.24, 2.45) is 7.05 Å². The second-order valence-electron chi connectivity index (χ2n) is 5.99. The molecule has 3 aromatic rings. The van der Waals surface area contributed by atoms with Crippen LogP contribution in [0.2, 0.25) is 0 Å². The highest BCUT2D eigenvalue weighted by molar-refractivity contribution is 7.15. The van der Waals surface area contributed by atoms with E-state index in [-0.39, 0.29) is 17.5 Å². The maximum atomic E-state index is 12.3. The molecule has 9 heteroatoms.